The third-order valence-corrected chi connectivity index (χ3v) is 7.46. The average Bonchev–Trinajstić information content (AvgIpc) is 2.73. The summed E-state index contributed by atoms with van der Waals surface area (Å²) >= 11 is 1.89. The monoisotopic (exact) mass is 487 g/mol. The highest BCUT2D eigenvalue weighted by molar-refractivity contribution is 7.24. The van der Waals surface area contributed by atoms with E-state index in [1.807, 2.05) is 11.3 Å². The molecule has 5 nitrogen and oxygen atoms in total. The number of anilines is 2. The lowest BCUT2D eigenvalue weighted by atomic mass is 10.1. The topological polar surface area (TPSA) is 25.9 Å². The standard InChI is InChI=1S/C23H30N5S.BrH/c1-17-14-19(28-12-8-26(3)9-13-28)16-22-23(17)24-20-5-4-18(15-21(20)29-22)27-10-6-25(2)7-11-27;/h4-5,14-16H,6-13H2,1-3H3;1H/q+1;/p-1. The van der Waals surface area contributed by atoms with Crippen LogP contribution in [-0.4, -0.2) is 81.2 Å². The Bertz CT molecular complexity index is 1040. The first-order valence-corrected chi connectivity index (χ1v) is 11.4. The van der Waals surface area contributed by atoms with Crippen LogP contribution in [0.15, 0.2) is 30.3 Å². The van der Waals surface area contributed by atoms with Crippen molar-refractivity contribution in [1.82, 2.24) is 14.8 Å². The Morgan fingerprint density at radius 3 is 1.93 bits per heavy atom. The molecule has 1 aromatic heterocycles. The number of rotatable bonds is 2. The number of nitrogens with zero attached hydrogens (tertiary/aromatic N) is 5. The largest absolute Gasteiger partial charge is 1.00 e. The smallest absolute Gasteiger partial charge is 0.259 e. The van der Waals surface area contributed by atoms with E-state index in [1.54, 1.807) is 0 Å². The van der Waals surface area contributed by atoms with Crippen LogP contribution < -0.4 is 26.8 Å². The number of likely N-dealkylation sites (N-methyl/N-ethyl adjacent to an activating group) is 2. The summed E-state index contributed by atoms with van der Waals surface area (Å²) in [5.41, 5.74) is 6.20. The first kappa shape index (κ1) is 21.7. The second-order valence-electron chi connectivity index (χ2n) is 8.56. The molecule has 0 aliphatic carbocycles. The van der Waals surface area contributed by atoms with Gasteiger partial charge in [-0.1, -0.05) is 0 Å². The number of aromatic nitrogens is 1. The Balaban J connectivity index is 0.00000218. The normalized spacial score (nSPS) is 18.8. The van der Waals surface area contributed by atoms with Gasteiger partial charge in [0.05, 0.1) is 0 Å². The van der Waals surface area contributed by atoms with Gasteiger partial charge >= 0.3 is 0 Å². The average molecular weight is 488 g/mol. The first-order chi connectivity index (χ1) is 14.1. The van der Waals surface area contributed by atoms with Gasteiger partial charge in [0, 0.05) is 75.9 Å². The number of aryl methyl sites for hydroxylation is 1. The maximum atomic E-state index is 5.03. The minimum atomic E-state index is 0. The quantitative estimate of drug-likeness (QED) is 0.388. The van der Waals surface area contributed by atoms with Crippen molar-refractivity contribution in [3.05, 3.63) is 35.9 Å². The van der Waals surface area contributed by atoms with Gasteiger partial charge < -0.3 is 36.6 Å². The second kappa shape index (κ2) is 8.91. The van der Waals surface area contributed by atoms with E-state index in [1.165, 1.54) is 26.3 Å². The summed E-state index contributed by atoms with van der Waals surface area (Å²) in [6.07, 6.45) is 0. The first-order valence-electron chi connectivity index (χ1n) is 10.6. The summed E-state index contributed by atoms with van der Waals surface area (Å²) in [6.45, 7) is 11.1. The summed E-state index contributed by atoms with van der Waals surface area (Å²) in [5, 5.41) is 0. The van der Waals surface area contributed by atoms with Gasteiger partial charge in [-0.2, -0.15) is 0 Å². The van der Waals surface area contributed by atoms with Crippen LogP contribution in [0.5, 0.6) is 0 Å². The van der Waals surface area contributed by atoms with Crippen molar-refractivity contribution in [1.29, 1.82) is 0 Å². The van der Waals surface area contributed by atoms with Crippen LogP contribution in [0.1, 0.15) is 5.56 Å². The van der Waals surface area contributed by atoms with Crippen molar-refractivity contribution in [3.63, 3.8) is 0 Å². The predicted octanol–water partition coefficient (Wildman–Crippen LogP) is 0.547. The SMILES string of the molecule is Cc1cc(N2CCN(C)CC2)cc2[s+]c3cc(N4CCN(C)CC4)ccc3nc12.[Br-]. The summed E-state index contributed by atoms with van der Waals surface area (Å²) in [4.78, 5) is 14.9. The summed E-state index contributed by atoms with van der Waals surface area (Å²) < 4.78 is 2.57. The molecule has 0 radical (unpaired) electrons. The minimum absolute atomic E-state index is 0. The molecule has 0 N–H and O–H groups in total. The van der Waals surface area contributed by atoms with Crippen molar-refractivity contribution in [2.75, 3.05) is 76.3 Å². The number of hydrogen-bond donors (Lipinski definition) is 0. The number of fused-ring (bicyclic) bond motifs is 2. The number of benzene rings is 2. The van der Waals surface area contributed by atoms with E-state index in [-0.39, 0.29) is 17.0 Å². The van der Waals surface area contributed by atoms with Gasteiger partial charge in [-0.05, 0) is 44.8 Å². The van der Waals surface area contributed by atoms with Crippen LogP contribution in [0.4, 0.5) is 11.4 Å². The zero-order valence-electron chi connectivity index (χ0n) is 18.1. The third-order valence-electron chi connectivity index (χ3n) is 6.38. The fourth-order valence-corrected chi connectivity index (χ4v) is 5.49. The molecule has 160 valence electrons. The Kier molecular flexibility index (Phi) is 6.44. The number of hydrogen-bond acceptors (Lipinski definition) is 5. The molecule has 0 bridgehead atoms. The van der Waals surface area contributed by atoms with Crippen molar-refractivity contribution in [3.8, 4) is 0 Å². The molecule has 0 atom stereocenters. The summed E-state index contributed by atoms with van der Waals surface area (Å²) in [5.74, 6) is 0. The highest BCUT2D eigenvalue weighted by Gasteiger charge is 2.21. The molecular weight excluding hydrogens is 458 g/mol. The highest BCUT2D eigenvalue weighted by Crippen LogP contribution is 2.33. The Morgan fingerprint density at radius 1 is 0.733 bits per heavy atom. The van der Waals surface area contributed by atoms with Crippen molar-refractivity contribution >= 4 is 43.1 Å². The number of halogens is 1. The molecule has 30 heavy (non-hydrogen) atoms. The molecular formula is C23H30BrN5S. The van der Waals surface area contributed by atoms with Crippen molar-refractivity contribution in [2.45, 2.75) is 6.92 Å². The second-order valence-corrected chi connectivity index (χ2v) is 9.64. The van der Waals surface area contributed by atoms with E-state index >= 15 is 0 Å². The lowest BCUT2D eigenvalue weighted by Crippen LogP contribution is -3.00. The molecule has 2 aromatic carbocycles. The maximum absolute atomic E-state index is 5.03. The molecule has 2 fully saturated rings. The van der Waals surface area contributed by atoms with Crippen molar-refractivity contribution in [2.24, 2.45) is 0 Å². The molecule has 5 rings (SSSR count). The summed E-state index contributed by atoms with van der Waals surface area (Å²) in [7, 11) is 4.41. The van der Waals surface area contributed by atoms with Gasteiger partial charge in [0.2, 0.25) is 11.3 Å². The van der Waals surface area contributed by atoms with E-state index in [0.29, 0.717) is 0 Å². The van der Waals surface area contributed by atoms with Crippen LogP contribution in [-0.2, 0) is 0 Å². The van der Waals surface area contributed by atoms with Gasteiger partial charge in [-0.15, -0.1) is 0 Å². The zero-order valence-corrected chi connectivity index (χ0v) is 20.5. The van der Waals surface area contributed by atoms with E-state index < -0.39 is 0 Å². The molecule has 2 aliphatic heterocycles. The van der Waals surface area contributed by atoms with Crippen LogP contribution in [0, 0.1) is 6.92 Å². The molecule has 3 aromatic rings. The van der Waals surface area contributed by atoms with E-state index in [2.05, 4.69) is 71.0 Å². The highest BCUT2D eigenvalue weighted by atomic mass is 79.9. The fourth-order valence-electron chi connectivity index (χ4n) is 4.37. The molecule has 7 heteroatoms. The molecule has 2 aliphatic rings. The lowest BCUT2D eigenvalue weighted by Gasteiger charge is -2.34. The van der Waals surface area contributed by atoms with Gasteiger partial charge in [-0.25, -0.2) is 4.98 Å². The van der Waals surface area contributed by atoms with E-state index in [4.69, 9.17) is 4.98 Å². The Morgan fingerprint density at radius 2 is 1.30 bits per heavy atom. The zero-order chi connectivity index (χ0) is 20.0. The molecule has 0 unspecified atom stereocenters. The number of piperazine rings is 2. The molecule has 0 amide bonds. The Labute approximate surface area is 193 Å². The third kappa shape index (κ3) is 4.26. The molecule has 0 spiro atoms. The predicted molar refractivity (Wildman–Crippen MR) is 126 cm³/mol. The molecule has 2 saturated heterocycles. The van der Waals surface area contributed by atoms with E-state index in [9.17, 15) is 0 Å². The molecule has 0 saturated carbocycles. The molecule has 3 heterocycles. The summed E-state index contributed by atoms with van der Waals surface area (Å²) in [6, 6.07) is 11.5. The van der Waals surface area contributed by atoms with Crippen LogP contribution >= 0.6 is 11.3 Å². The van der Waals surface area contributed by atoms with Crippen LogP contribution in [0.3, 0.4) is 0 Å². The maximum Gasteiger partial charge on any atom is 0.259 e. The van der Waals surface area contributed by atoms with Gasteiger partial charge in [0.25, 0.3) is 9.40 Å². The van der Waals surface area contributed by atoms with E-state index in [0.717, 1.165) is 63.4 Å². The van der Waals surface area contributed by atoms with Gasteiger partial charge in [0.1, 0.15) is 11.0 Å². The minimum Gasteiger partial charge on any atom is -1.00 e. The van der Waals surface area contributed by atoms with Crippen LogP contribution in [0.25, 0.3) is 20.4 Å². The fraction of sp³-hybridized carbons (Fsp3) is 0.478. The van der Waals surface area contributed by atoms with Gasteiger partial charge in [0.15, 0.2) is 0 Å². The van der Waals surface area contributed by atoms with Gasteiger partial charge in [-0.3, -0.25) is 0 Å². The van der Waals surface area contributed by atoms with Crippen LogP contribution in [0.2, 0.25) is 0 Å². The Hall–Kier alpha value is -1.54. The lowest BCUT2D eigenvalue weighted by molar-refractivity contribution is -0.00000583. The van der Waals surface area contributed by atoms with Crippen molar-refractivity contribution < 1.29 is 17.0 Å².